The summed E-state index contributed by atoms with van der Waals surface area (Å²) in [6.45, 7) is 3.03. The Morgan fingerprint density at radius 3 is 2.64 bits per heavy atom. The molecule has 0 aliphatic heterocycles. The molecule has 2 rings (SSSR count). The summed E-state index contributed by atoms with van der Waals surface area (Å²) in [6, 6.07) is 12.7. The van der Waals surface area contributed by atoms with Crippen molar-refractivity contribution in [2.45, 2.75) is 20.0 Å². The lowest BCUT2D eigenvalue weighted by atomic mass is 10.1. The molecule has 2 aromatic carbocycles. The highest BCUT2D eigenvalue weighted by atomic mass is 35.5. The Morgan fingerprint density at radius 1 is 1.14 bits per heavy atom. The second kappa shape index (κ2) is 8.18. The van der Waals surface area contributed by atoms with Crippen LogP contribution >= 0.6 is 23.2 Å². The van der Waals surface area contributed by atoms with Crippen LogP contribution in [0.5, 0.6) is 0 Å². The van der Waals surface area contributed by atoms with Gasteiger partial charge in [0.1, 0.15) is 0 Å². The number of hydrogen-bond acceptors (Lipinski definition) is 2. The minimum atomic E-state index is -0.131. The molecule has 0 aromatic heterocycles. The van der Waals surface area contributed by atoms with Gasteiger partial charge >= 0.3 is 0 Å². The molecule has 0 heterocycles. The fourth-order valence-electron chi connectivity index (χ4n) is 2.01. The highest BCUT2D eigenvalue weighted by molar-refractivity contribution is 6.35. The Morgan fingerprint density at radius 2 is 1.91 bits per heavy atom. The van der Waals surface area contributed by atoms with Crippen LogP contribution in [-0.4, -0.2) is 12.5 Å². The molecule has 0 radical (unpaired) electrons. The van der Waals surface area contributed by atoms with Gasteiger partial charge in [0.05, 0.1) is 13.0 Å². The minimum Gasteiger partial charge on any atom is -0.377 e. The molecule has 0 atom stereocenters. The molecule has 0 saturated carbocycles. The number of benzene rings is 2. The van der Waals surface area contributed by atoms with Gasteiger partial charge in [-0.2, -0.15) is 0 Å². The van der Waals surface area contributed by atoms with E-state index in [1.807, 2.05) is 31.2 Å². The van der Waals surface area contributed by atoms with E-state index in [1.165, 1.54) is 0 Å². The molecule has 0 unspecified atom stereocenters. The quantitative estimate of drug-likeness (QED) is 0.828. The Hall–Kier alpha value is -1.55. The Balaban J connectivity index is 2.06. The van der Waals surface area contributed by atoms with Crippen LogP contribution in [0.3, 0.4) is 0 Å². The first-order chi connectivity index (χ1) is 10.6. The van der Waals surface area contributed by atoms with Crippen molar-refractivity contribution < 1.29 is 9.53 Å². The third kappa shape index (κ3) is 4.73. The molecule has 0 fully saturated rings. The van der Waals surface area contributed by atoms with E-state index in [1.54, 1.807) is 18.2 Å². The number of ether oxygens (including phenoxy) is 1. The van der Waals surface area contributed by atoms with Crippen LogP contribution in [0.25, 0.3) is 0 Å². The molecule has 0 bridgehead atoms. The van der Waals surface area contributed by atoms with Crippen LogP contribution in [0.1, 0.15) is 18.1 Å². The highest BCUT2D eigenvalue weighted by Gasteiger charge is 2.10. The highest BCUT2D eigenvalue weighted by Crippen LogP contribution is 2.22. The maximum absolute atomic E-state index is 12.2. The predicted octanol–water partition coefficient (Wildman–Crippen LogP) is 4.71. The first-order valence-corrected chi connectivity index (χ1v) is 7.75. The molecule has 2 aromatic rings. The molecule has 0 aliphatic rings. The van der Waals surface area contributed by atoms with Crippen LogP contribution in [0.15, 0.2) is 42.5 Å². The topological polar surface area (TPSA) is 38.3 Å². The van der Waals surface area contributed by atoms with E-state index in [2.05, 4.69) is 5.32 Å². The van der Waals surface area contributed by atoms with E-state index in [4.69, 9.17) is 27.9 Å². The van der Waals surface area contributed by atoms with Crippen molar-refractivity contribution in [3.8, 4) is 0 Å². The Kier molecular flexibility index (Phi) is 6.25. The molecule has 0 saturated heterocycles. The largest absolute Gasteiger partial charge is 0.377 e. The van der Waals surface area contributed by atoms with Gasteiger partial charge in [-0.15, -0.1) is 0 Å². The zero-order valence-corrected chi connectivity index (χ0v) is 13.7. The zero-order valence-electron chi connectivity index (χ0n) is 12.2. The van der Waals surface area contributed by atoms with Crippen molar-refractivity contribution in [2.24, 2.45) is 0 Å². The molecule has 1 amide bonds. The van der Waals surface area contributed by atoms with E-state index >= 15 is 0 Å². The number of carbonyl (C=O) groups excluding carboxylic acids is 1. The molecule has 5 heteroatoms. The molecule has 0 aliphatic carbocycles. The van der Waals surface area contributed by atoms with Gasteiger partial charge in [0.15, 0.2) is 0 Å². The Bertz CT molecular complexity index is 659. The van der Waals surface area contributed by atoms with E-state index in [0.29, 0.717) is 23.3 Å². The lowest BCUT2D eigenvalue weighted by molar-refractivity contribution is -0.115. The van der Waals surface area contributed by atoms with Gasteiger partial charge in [-0.3, -0.25) is 4.79 Å². The van der Waals surface area contributed by atoms with Crippen molar-refractivity contribution >= 4 is 34.8 Å². The smallest absolute Gasteiger partial charge is 0.228 e. The number of nitrogens with one attached hydrogen (secondary N) is 1. The van der Waals surface area contributed by atoms with Gasteiger partial charge < -0.3 is 10.1 Å². The van der Waals surface area contributed by atoms with Crippen LogP contribution in [0.4, 0.5) is 5.69 Å². The molecule has 0 spiro atoms. The lowest BCUT2D eigenvalue weighted by Crippen LogP contribution is -2.16. The van der Waals surface area contributed by atoms with Gasteiger partial charge in [0.25, 0.3) is 0 Å². The van der Waals surface area contributed by atoms with Gasteiger partial charge in [-0.25, -0.2) is 0 Å². The van der Waals surface area contributed by atoms with Crippen molar-refractivity contribution in [3.05, 3.63) is 63.6 Å². The van der Waals surface area contributed by atoms with Crippen LogP contribution in [-0.2, 0) is 22.6 Å². The van der Waals surface area contributed by atoms with E-state index < -0.39 is 0 Å². The fraction of sp³-hybridized carbons (Fsp3) is 0.235. The third-order valence-electron chi connectivity index (χ3n) is 3.12. The minimum absolute atomic E-state index is 0.131. The average molecular weight is 338 g/mol. The summed E-state index contributed by atoms with van der Waals surface area (Å²) in [5.74, 6) is -0.131. The van der Waals surface area contributed by atoms with Crippen LogP contribution < -0.4 is 5.32 Å². The standard InChI is InChI=1S/C17H17Cl2NO2/c1-2-22-11-13-5-3-4-6-16(13)20-17(21)9-12-7-8-14(18)10-15(12)19/h3-8,10H,2,9,11H2,1H3,(H,20,21). The van der Waals surface area contributed by atoms with E-state index in [9.17, 15) is 4.79 Å². The number of amides is 1. The zero-order chi connectivity index (χ0) is 15.9. The summed E-state index contributed by atoms with van der Waals surface area (Å²) < 4.78 is 5.41. The predicted molar refractivity (Wildman–Crippen MR) is 90.6 cm³/mol. The first-order valence-electron chi connectivity index (χ1n) is 6.99. The Labute approximate surface area is 140 Å². The van der Waals surface area contributed by atoms with E-state index in [-0.39, 0.29) is 12.3 Å². The van der Waals surface area contributed by atoms with Gasteiger partial charge in [0, 0.05) is 27.9 Å². The van der Waals surface area contributed by atoms with Gasteiger partial charge in [0.2, 0.25) is 5.91 Å². The number of halogens is 2. The number of carbonyl (C=O) groups is 1. The maximum atomic E-state index is 12.2. The number of rotatable bonds is 6. The molecule has 22 heavy (non-hydrogen) atoms. The van der Waals surface area contributed by atoms with E-state index in [0.717, 1.165) is 16.8 Å². The molecule has 3 nitrogen and oxygen atoms in total. The van der Waals surface area contributed by atoms with Crippen LogP contribution in [0, 0.1) is 0 Å². The monoisotopic (exact) mass is 337 g/mol. The number of hydrogen-bond donors (Lipinski definition) is 1. The third-order valence-corrected chi connectivity index (χ3v) is 3.71. The number of para-hydroxylation sites is 1. The van der Waals surface area contributed by atoms with Gasteiger partial charge in [-0.05, 0) is 30.7 Å². The molecular weight excluding hydrogens is 321 g/mol. The summed E-state index contributed by atoms with van der Waals surface area (Å²) in [4.78, 5) is 12.2. The molecular formula is C17H17Cl2NO2. The summed E-state index contributed by atoms with van der Waals surface area (Å²) in [7, 11) is 0. The average Bonchev–Trinajstić information content (AvgIpc) is 2.49. The normalized spacial score (nSPS) is 10.5. The van der Waals surface area contributed by atoms with Crippen molar-refractivity contribution in [1.29, 1.82) is 0 Å². The van der Waals surface area contributed by atoms with Crippen LogP contribution in [0.2, 0.25) is 10.0 Å². The number of anilines is 1. The second-order valence-electron chi connectivity index (χ2n) is 4.75. The molecule has 1 N–H and O–H groups in total. The lowest BCUT2D eigenvalue weighted by Gasteiger charge is -2.11. The maximum Gasteiger partial charge on any atom is 0.228 e. The SMILES string of the molecule is CCOCc1ccccc1NC(=O)Cc1ccc(Cl)cc1Cl. The fourth-order valence-corrected chi connectivity index (χ4v) is 2.49. The second-order valence-corrected chi connectivity index (χ2v) is 5.60. The summed E-state index contributed by atoms with van der Waals surface area (Å²) in [6.07, 6.45) is 0.193. The van der Waals surface area contributed by atoms with Gasteiger partial charge in [-0.1, -0.05) is 47.5 Å². The van der Waals surface area contributed by atoms with Crippen molar-refractivity contribution in [3.63, 3.8) is 0 Å². The first kappa shape index (κ1) is 16.8. The summed E-state index contributed by atoms with van der Waals surface area (Å²) in [5, 5.41) is 3.94. The van der Waals surface area contributed by atoms with Crippen molar-refractivity contribution in [2.75, 3.05) is 11.9 Å². The van der Waals surface area contributed by atoms with Crippen molar-refractivity contribution in [1.82, 2.24) is 0 Å². The molecule has 116 valence electrons. The summed E-state index contributed by atoms with van der Waals surface area (Å²) in [5.41, 5.74) is 2.44. The summed E-state index contributed by atoms with van der Waals surface area (Å²) >= 11 is 11.9.